The Kier molecular flexibility index (Phi) is 10.9. The highest BCUT2D eigenvalue weighted by atomic mass is 19.4. The van der Waals surface area contributed by atoms with Gasteiger partial charge in [-0.05, 0) is 44.1 Å². The van der Waals surface area contributed by atoms with Crippen LogP contribution in [0.15, 0.2) is 4.79 Å². The lowest BCUT2D eigenvalue weighted by Crippen LogP contribution is -2.51. The van der Waals surface area contributed by atoms with Gasteiger partial charge >= 0.3 is 6.18 Å². The maximum atomic E-state index is 13.0. The van der Waals surface area contributed by atoms with Crippen molar-refractivity contribution in [1.29, 1.82) is 0 Å². The molecule has 0 spiro atoms. The molecule has 1 saturated heterocycles. The number of halogens is 3. The van der Waals surface area contributed by atoms with Crippen LogP contribution in [0.4, 0.5) is 13.2 Å². The molecule has 1 unspecified atom stereocenters. The smallest absolute Gasteiger partial charge is 0.345 e. The van der Waals surface area contributed by atoms with Crippen molar-refractivity contribution in [1.82, 2.24) is 20.0 Å². The fourth-order valence-corrected chi connectivity index (χ4v) is 4.16. The summed E-state index contributed by atoms with van der Waals surface area (Å²) in [6.07, 6.45) is 3.26. The number of hydrogen-bond donors (Lipinski definition) is 1. The van der Waals surface area contributed by atoms with Crippen LogP contribution in [-0.2, 0) is 22.2 Å². The molecule has 1 amide bonds. The molecular weight excluding hydrogens is 461 g/mol. The predicted octanol–water partition coefficient (Wildman–Crippen LogP) is 4.37. The number of H-pyrrole nitrogens is 1. The number of nitrogens with zero attached hydrogens (tertiary/aromatic N) is 3. The molecule has 1 aliphatic heterocycles. The molecular formula is C25H39F3N4O3. The highest BCUT2D eigenvalue weighted by molar-refractivity contribution is 5.79. The van der Waals surface area contributed by atoms with Gasteiger partial charge in [0.05, 0.1) is 11.7 Å². The third kappa shape index (κ3) is 8.44. The van der Waals surface area contributed by atoms with Gasteiger partial charge in [0.15, 0.2) is 0 Å². The Morgan fingerprint density at radius 2 is 1.80 bits per heavy atom. The number of likely N-dealkylation sites (tertiary alicyclic amines) is 1. The first-order valence-electron chi connectivity index (χ1n) is 12.7. The summed E-state index contributed by atoms with van der Waals surface area (Å²) in [4.78, 5) is 36.8. The van der Waals surface area contributed by atoms with E-state index in [1.807, 2.05) is 14.9 Å². The Balaban J connectivity index is 0.000000256. The molecule has 0 aromatic carbocycles. The molecule has 2 fully saturated rings. The number of aromatic nitrogens is 2. The molecule has 7 nitrogen and oxygen atoms in total. The monoisotopic (exact) mass is 500 g/mol. The minimum Gasteiger partial charge on any atom is -0.345 e. The van der Waals surface area contributed by atoms with Crippen molar-refractivity contribution < 1.29 is 22.8 Å². The number of fused-ring (bicyclic) bond motifs is 1. The fourth-order valence-electron chi connectivity index (χ4n) is 4.16. The average molecular weight is 501 g/mol. The average Bonchev–Trinajstić information content (AvgIpc) is 3.43. The molecule has 1 aromatic rings. The van der Waals surface area contributed by atoms with Crippen LogP contribution in [0.1, 0.15) is 89.1 Å². The number of hydrogen-bond acceptors (Lipinski definition) is 5. The van der Waals surface area contributed by atoms with Crippen LogP contribution in [0.5, 0.6) is 0 Å². The minimum absolute atomic E-state index is 0.00234. The Labute approximate surface area is 205 Å². The Hall–Kier alpha value is -2.23. The quantitative estimate of drug-likeness (QED) is 0.536. The van der Waals surface area contributed by atoms with Crippen molar-refractivity contribution in [3.8, 4) is 0 Å². The normalized spacial score (nSPS) is 19.5. The van der Waals surface area contributed by atoms with E-state index in [0.717, 1.165) is 44.7 Å². The number of nitrogens with one attached hydrogen (secondary N) is 1. The topological polar surface area (TPSA) is 86.4 Å². The number of Topliss-reactive ketones (excluding diaryl/α,β-unsaturated/α-hetero) is 1. The Bertz CT molecular complexity index is 893. The summed E-state index contributed by atoms with van der Waals surface area (Å²) in [6.45, 7) is 10.9. The molecule has 1 N–H and O–H groups in total. The second-order valence-electron chi connectivity index (χ2n) is 9.78. The molecule has 0 bridgehead atoms. The van der Waals surface area contributed by atoms with Crippen molar-refractivity contribution in [3.05, 3.63) is 27.2 Å². The lowest BCUT2D eigenvalue weighted by atomic mass is 9.93. The van der Waals surface area contributed by atoms with Gasteiger partial charge in [-0.2, -0.15) is 18.3 Å². The van der Waals surface area contributed by atoms with Gasteiger partial charge in [0.25, 0.3) is 5.56 Å². The largest absolute Gasteiger partial charge is 0.422 e. The third-order valence-electron chi connectivity index (χ3n) is 6.63. The number of carbonyl (C=O) groups excluding carboxylic acids is 2. The second kappa shape index (κ2) is 13.2. The minimum atomic E-state index is -4.67. The first-order valence-corrected chi connectivity index (χ1v) is 12.7. The van der Waals surface area contributed by atoms with Crippen molar-refractivity contribution in [2.75, 3.05) is 26.2 Å². The zero-order valence-corrected chi connectivity index (χ0v) is 21.3. The SMILES string of the molecule is CC(=O)C1CN(C2CCc3c2n[nH]c(=O)c3C(F)(F)F)C1.CC1CC1.CCCCN(C=O)CCC. The van der Waals surface area contributed by atoms with E-state index in [2.05, 4.69) is 25.9 Å². The van der Waals surface area contributed by atoms with E-state index >= 15 is 0 Å². The Morgan fingerprint density at radius 3 is 2.26 bits per heavy atom. The number of unbranched alkanes of at least 4 members (excludes halogenated alkanes) is 1. The van der Waals surface area contributed by atoms with Gasteiger partial charge in [0, 0.05) is 32.1 Å². The van der Waals surface area contributed by atoms with Gasteiger partial charge in [-0.3, -0.25) is 19.3 Å². The number of amides is 1. The fraction of sp³-hybridized carbons (Fsp3) is 0.760. The van der Waals surface area contributed by atoms with Crippen LogP contribution in [0.25, 0.3) is 0 Å². The molecule has 1 saturated carbocycles. The molecule has 1 aromatic heterocycles. The van der Waals surface area contributed by atoms with E-state index < -0.39 is 17.3 Å². The molecule has 1 atom stereocenters. The molecule has 4 rings (SSSR count). The number of rotatable bonds is 8. The highest BCUT2D eigenvalue weighted by Gasteiger charge is 2.44. The molecule has 0 radical (unpaired) electrons. The van der Waals surface area contributed by atoms with Crippen molar-refractivity contribution >= 4 is 12.2 Å². The van der Waals surface area contributed by atoms with E-state index in [-0.39, 0.29) is 29.7 Å². The van der Waals surface area contributed by atoms with Crippen molar-refractivity contribution in [3.63, 3.8) is 0 Å². The lowest BCUT2D eigenvalue weighted by Gasteiger charge is -2.41. The summed E-state index contributed by atoms with van der Waals surface area (Å²) in [5.74, 6) is 1.13. The van der Waals surface area contributed by atoms with Gasteiger partial charge in [0.1, 0.15) is 11.3 Å². The van der Waals surface area contributed by atoms with Gasteiger partial charge in [0.2, 0.25) is 6.41 Å². The molecule has 35 heavy (non-hydrogen) atoms. The van der Waals surface area contributed by atoms with Gasteiger partial charge in [-0.1, -0.05) is 40.0 Å². The first kappa shape index (κ1) is 29.0. The van der Waals surface area contributed by atoms with Crippen LogP contribution < -0.4 is 5.56 Å². The van der Waals surface area contributed by atoms with E-state index in [9.17, 15) is 27.6 Å². The second-order valence-corrected chi connectivity index (χ2v) is 9.78. The summed E-state index contributed by atoms with van der Waals surface area (Å²) in [6, 6.07) is -0.242. The predicted molar refractivity (Wildman–Crippen MR) is 128 cm³/mol. The van der Waals surface area contributed by atoms with Crippen LogP contribution in [0, 0.1) is 11.8 Å². The lowest BCUT2D eigenvalue weighted by molar-refractivity contribution is -0.139. The third-order valence-corrected chi connectivity index (χ3v) is 6.63. The van der Waals surface area contributed by atoms with Crippen LogP contribution >= 0.6 is 0 Å². The Morgan fingerprint density at radius 1 is 1.17 bits per heavy atom. The first-order chi connectivity index (χ1) is 16.5. The summed E-state index contributed by atoms with van der Waals surface area (Å²) >= 11 is 0. The van der Waals surface area contributed by atoms with Gasteiger partial charge in [-0.25, -0.2) is 5.10 Å². The van der Waals surface area contributed by atoms with E-state index in [1.165, 1.54) is 19.8 Å². The zero-order valence-electron chi connectivity index (χ0n) is 21.3. The van der Waals surface area contributed by atoms with Crippen LogP contribution in [-0.4, -0.2) is 58.4 Å². The maximum absolute atomic E-state index is 13.0. The number of alkyl halides is 3. The standard InChI is InChI=1S/C13H14F3N3O2.C8H17NO.C4H8/c1-6(20)7-4-19(5-7)9-3-2-8-10(13(14,15)16)12(21)18-17-11(8)9;1-3-5-7-9(8-10)6-4-2;1-4-2-3-4/h7,9H,2-5H2,1H3,(H,18,21);8H,3-7H2,1-2H3;4H,2-3H2,1H3. The van der Waals surface area contributed by atoms with E-state index in [4.69, 9.17) is 0 Å². The van der Waals surface area contributed by atoms with Gasteiger partial charge in [-0.15, -0.1) is 0 Å². The maximum Gasteiger partial charge on any atom is 0.422 e. The van der Waals surface area contributed by atoms with Gasteiger partial charge < -0.3 is 4.90 Å². The van der Waals surface area contributed by atoms with E-state index in [0.29, 0.717) is 25.2 Å². The van der Waals surface area contributed by atoms with Crippen LogP contribution in [0.3, 0.4) is 0 Å². The highest BCUT2D eigenvalue weighted by Crippen LogP contribution is 2.41. The number of carbonyl (C=O) groups is 2. The summed E-state index contributed by atoms with van der Waals surface area (Å²) < 4.78 is 39.0. The molecule has 3 aliphatic rings. The van der Waals surface area contributed by atoms with Crippen molar-refractivity contribution in [2.45, 2.75) is 84.9 Å². The molecule has 198 valence electrons. The molecule has 2 aliphatic carbocycles. The number of aromatic amines is 1. The number of ketones is 1. The zero-order chi connectivity index (χ0) is 26.2. The van der Waals surface area contributed by atoms with E-state index in [1.54, 1.807) is 0 Å². The van der Waals surface area contributed by atoms with Crippen LogP contribution in [0.2, 0.25) is 0 Å². The summed E-state index contributed by atoms with van der Waals surface area (Å²) in [5.41, 5.74) is -2.02. The molecule has 2 heterocycles. The summed E-state index contributed by atoms with van der Waals surface area (Å²) in [5, 5.41) is 5.78. The summed E-state index contributed by atoms with van der Waals surface area (Å²) in [7, 11) is 0. The molecule has 10 heteroatoms. The van der Waals surface area contributed by atoms with Crippen molar-refractivity contribution in [2.24, 2.45) is 11.8 Å².